The number of hydrogen-bond acceptors (Lipinski definition) is 1. The summed E-state index contributed by atoms with van der Waals surface area (Å²) in [6.45, 7) is 2.12. The van der Waals surface area contributed by atoms with Crippen LogP contribution < -0.4 is 4.74 Å². The van der Waals surface area contributed by atoms with Crippen molar-refractivity contribution in [2.24, 2.45) is 5.92 Å². The molecule has 1 aliphatic carbocycles. The predicted octanol–water partition coefficient (Wildman–Crippen LogP) is 4.55. The van der Waals surface area contributed by atoms with Crippen LogP contribution in [0.2, 0.25) is 0 Å². The van der Waals surface area contributed by atoms with Crippen molar-refractivity contribution in [3.63, 3.8) is 0 Å². The molecule has 2 rings (SSSR count). The number of allylic oxidation sites excluding steroid dienone is 2. The molecule has 1 aromatic carbocycles. The highest BCUT2D eigenvalue weighted by molar-refractivity contribution is 5.29. The molecule has 0 heterocycles. The van der Waals surface area contributed by atoms with Gasteiger partial charge in [0, 0.05) is 0 Å². The number of ether oxygens (including phenoxy) is 1. The molecule has 1 saturated carbocycles. The highest BCUT2D eigenvalue weighted by atomic mass is 16.5. The van der Waals surface area contributed by atoms with E-state index in [4.69, 9.17) is 4.74 Å². The molecule has 0 saturated heterocycles. The zero-order valence-corrected chi connectivity index (χ0v) is 10.9. The number of methoxy groups -OCH3 is 1. The predicted molar refractivity (Wildman–Crippen MR) is 72.5 cm³/mol. The summed E-state index contributed by atoms with van der Waals surface area (Å²) in [7, 11) is 1.72. The average molecular weight is 230 g/mol. The summed E-state index contributed by atoms with van der Waals surface area (Å²) in [5, 5.41) is 0. The molecule has 1 heteroatoms. The zero-order chi connectivity index (χ0) is 12.1. The topological polar surface area (TPSA) is 9.23 Å². The molecule has 0 amide bonds. The molecule has 1 fully saturated rings. The first-order chi connectivity index (χ1) is 8.33. The van der Waals surface area contributed by atoms with Crippen LogP contribution in [-0.4, -0.2) is 7.11 Å². The van der Waals surface area contributed by atoms with Crippen molar-refractivity contribution in [3.8, 4) is 5.75 Å². The van der Waals surface area contributed by atoms with Gasteiger partial charge in [-0.15, -0.1) is 0 Å². The molecule has 1 aromatic rings. The third-order valence-corrected chi connectivity index (χ3v) is 3.82. The van der Waals surface area contributed by atoms with E-state index in [2.05, 4.69) is 43.3 Å². The Balaban J connectivity index is 1.95. The molecule has 0 spiro atoms. The smallest absolute Gasteiger partial charge is 0.118 e. The van der Waals surface area contributed by atoms with E-state index in [1.165, 1.54) is 31.2 Å². The molecule has 17 heavy (non-hydrogen) atoms. The van der Waals surface area contributed by atoms with E-state index in [-0.39, 0.29) is 0 Å². The second-order valence-electron chi connectivity index (χ2n) is 4.91. The molecule has 0 N–H and O–H groups in total. The molecule has 0 aliphatic heterocycles. The third kappa shape index (κ3) is 3.12. The summed E-state index contributed by atoms with van der Waals surface area (Å²) in [4.78, 5) is 0. The lowest BCUT2D eigenvalue weighted by atomic mass is 9.78. The van der Waals surface area contributed by atoms with Crippen molar-refractivity contribution < 1.29 is 4.74 Å². The quantitative estimate of drug-likeness (QED) is 0.692. The van der Waals surface area contributed by atoms with E-state index in [0.29, 0.717) is 0 Å². The molecule has 92 valence electrons. The van der Waals surface area contributed by atoms with Crippen LogP contribution >= 0.6 is 0 Å². The zero-order valence-electron chi connectivity index (χ0n) is 10.9. The van der Waals surface area contributed by atoms with Crippen LogP contribution in [0, 0.1) is 5.92 Å². The summed E-state index contributed by atoms with van der Waals surface area (Å²) in [5.41, 5.74) is 1.48. The normalized spacial score (nSPS) is 25.1. The molecule has 0 atom stereocenters. The molecule has 0 unspecified atom stereocenters. The highest BCUT2D eigenvalue weighted by Gasteiger charge is 2.20. The van der Waals surface area contributed by atoms with Gasteiger partial charge < -0.3 is 4.74 Å². The van der Waals surface area contributed by atoms with E-state index >= 15 is 0 Å². The van der Waals surface area contributed by atoms with Gasteiger partial charge in [-0.25, -0.2) is 0 Å². The lowest BCUT2D eigenvalue weighted by Gasteiger charge is -2.27. The standard InChI is InChI=1S/C16H22O/c1-3-4-13-5-7-14(8-6-13)15-9-11-16(17-2)12-10-15/h3-4,9-14H,5-8H2,1-2H3/b4-3+. The Hall–Kier alpha value is -1.24. The third-order valence-electron chi connectivity index (χ3n) is 3.82. The van der Waals surface area contributed by atoms with Crippen molar-refractivity contribution in [1.82, 2.24) is 0 Å². The van der Waals surface area contributed by atoms with Crippen LogP contribution in [0.25, 0.3) is 0 Å². The van der Waals surface area contributed by atoms with E-state index in [0.717, 1.165) is 17.6 Å². The number of rotatable bonds is 3. The molecule has 0 bridgehead atoms. The van der Waals surface area contributed by atoms with Gasteiger partial charge in [-0.3, -0.25) is 0 Å². The second-order valence-corrected chi connectivity index (χ2v) is 4.91. The largest absolute Gasteiger partial charge is 0.497 e. The van der Waals surface area contributed by atoms with E-state index in [1.54, 1.807) is 7.11 Å². The van der Waals surface area contributed by atoms with Gasteiger partial charge in [0.15, 0.2) is 0 Å². The molecule has 0 aromatic heterocycles. The maximum Gasteiger partial charge on any atom is 0.118 e. The minimum Gasteiger partial charge on any atom is -0.497 e. The van der Waals surface area contributed by atoms with Crippen molar-refractivity contribution in [2.45, 2.75) is 38.5 Å². The number of benzene rings is 1. The Morgan fingerprint density at radius 2 is 1.71 bits per heavy atom. The lowest BCUT2D eigenvalue weighted by molar-refractivity contribution is 0.375. The Labute approximate surface area is 104 Å². The first kappa shape index (κ1) is 12.2. The minimum atomic E-state index is 0.752. The fourth-order valence-electron chi connectivity index (χ4n) is 2.79. The van der Waals surface area contributed by atoms with Gasteiger partial charge in [-0.2, -0.15) is 0 Å². The molecule has 1 aliphatic rings. The van der Waals surface area contributed by atoms with Crippen LogP contribution in [0.1, 0.15) is 44.1 Å². The van der Waals surface area contributed by atoms with Crippen molar-refractivity contribution in [3.05, 3.63) is 42.0 Å². The van der Waals surface area contributed by atoms with Gasteiger partial charge >= 0.3 is 0 Å². The minimum absolute atomic E-state index is 0.752. The maximum atomic E-state index is 5.20. The van der Waals surface area contributed by atoms with Crippen LogP contribution in [0.3, 0.4) is 0 Å². The van der Waals surface area contributed by atoms with Crippen molar-refractivity contribution in [1.29, 1.82) is 0 Å². The van der Waals surface area contributed by atoms with Crippen LogP contribution in [0.15, 0.2) is 36.4 Å². The molecule has 1 nitrogen and oxygen atoms in total. The fourth-order valence-corrected chi connectivity index (χ4v) is 2.79. The molecular weight excluding hydrogens is 208 g/mol. The van der Waals surface area contributed by atoms with Gasteiger partial charge in [0.1, 0.15) is 5.75 Å². The van der Waals surface area contributed by atoms with Crippen molar-refractivity contribution >= 4 is 0 Å². The fraction of sp³-hybridized carbons (Fsp3) is 0.500. The summed E-state index contributed by atoms with van der Waals surface area (Å²) in [6.07, 6.45) is 9.87. The van der Waals surface area contributed by atoms with E-state index < -0.39 is 0 Å². The second kappa shape index (κ2) is 5.90. The Kier molecular flexibility index (Phi) is 4.24. The van der Waals surface area contributed by atoms with Gasteiger partial charge in [0.25, 0.3) is 0 Å². The summed E-state index contributed by atoms with van der Waals surface area (Å²) in [5.74, 6) is 2.52. The first-order valence-corrected chi connectivity index (χ1v) is 6.60. The summed E-state index contributed by atoms with van der Waals surface area (Å²) >= 11 is 0. The molecule has 0 radical (unpaired) electrons. The highest BCUT2D eigenvalue weighted by Crippen LogP contribution is 2.36. The monoisotopic (exact) mass is 230 g/mol. The Morgan fingerprint density at radius 3 is 2.24 bits per heavy atom. The van der Waals surface area contributed by atoms with E-state index in [9.17, 15) is 0 Å². The van der Waals surface area contributed by atoms with Gasteiger partial charge in [0.2, 0.25) is 0 Å². The van der Waals surface area contributed by atoms with Gasteiger partial charge in [-0.05, 0) is 62.1 Å². The Bertz CT molecular complexity index is 356. The maximum absolute atomic E-state index is 5.20. The van der Waals surface area contributed by atoms with Gasteiger partial charge in [-0.1, -0.05) is 24.3 Å². The Morgan fingerprint density at radius 1 is 1.06 bits per heavy atom. The lowest BCUT2D eigenvalue weighted by Crippen LogP contribution is -2.11. The first-order valence-electron chi connectivity index (χ1n) is 6.60. The number of hydrogen-bond donors (Lipinski definition) is 0. The van der Waals surface area contributed by atoms with Crippen LogP contribution in [0.5, 0.6) is 5.75 Å². The van der Waals surface area contributed by atoms with Crippen molar-refractivity contribution in [2.75, 3.05) is 7.11 Å². The average Bonchev–Trinajstić information content (AvgIpc) is 2.40. The van der Waals surface area contributed by atoms with E-state index in [1.807, 2.05) is 0 Å². The summed E-state index contributed by atoms with van der Waals surface area (Å²) < 4.78 is 5.20. The van der Waals surface area contributed by atoms with Gasteiger partial charge in [0.05, 0.1) is 7.11 Å². The van der Waals surface area contributed by atoms with Crippen LogP contribution in [-0.2, 0) is 0 Å². The van der Waals surface area contributed by atoms with Crippen LogP contribution in [0.4, 0.5) is 0 Å². The summed E-state index contributed by atoms with van der Waals surface area (Å²) in [6, 6.07) is 8.60. The SMILES string of the molecule is C/C=C/C1CCC(c2ccc(OC)cc2)CC1. The molecular formula is C16H22O.